The fourth-order valence-corrected chi connectivity index (χ4v) is 3.89. The molecule has 166 valence electrons. The number of halogens is 1. The zero-order chi connectivity index (χ0) is 20.2. The maximum absolute atomic E-state index is 5.64. The fourth-order valence-electron chi connectivity index (χ4n) is 3.89. The maximum atomic E-state index is 5.64. The first-order chi connectivity index (χ1) is 13.7. The monoisotopic (exact) mass is 517 g/mol. The van der Waals surface area contributed by atoms with E-state index in [-0.39, 0.29) is 30.0 Å². The van der Waals surface area contributed by atoms with E-state index in [1.165, 1.54) is 18.4 Å². The van der Waals surface area contributed by atoms with Gasteiger partial charge in [-0.3, -0.25) is 9.89 Å². The zero-order valence-electron chi connectivity index (χ0n) is 18.6. The van der Waals surface area contributed by atoms with Gasteiger partial charge in [0.15, 0.2) is 5.96 Å². The van der Waals surface area contributed by atoms with Gasteiger partial charge in [-0.25, -0.2) is 0 Å². The van der Waals surface area contributed by atoms with Crippen LogP contribution in [-0.4, -0.2) is 75.7 Å². The zero-order valence-corrected chi connectivity index (χ0v) is 20.9. The number of ether oxygens (including phenoxy) is 1. The topological polar surface area (TPSA) is 52.1 Å². The summed E-state index contributed by atoms with van der Waals surface area (Å²) in [5.74, 6) is 1.84. The number of nitrogens with zero attached hydrogens (tertiary/aromatic N) is 3. The SMILES string of the molecule is CCN(CC)CCCNC(=NC)NCC(c1ccccc1OC)N1CCCC1.I. The number of hydrogen-bond acceptors (Lipinski definition) is 4. The summed E-state index contributed by atoms with van der Waals surface area (Å²) < 4.78 is 5.64. The van der Waals surface area contributed by atoms with Crippen molar-refractivity contribution in [2.75, 3.05) is 60.0 Å². The summed E-state index contributed by atoms with van der Waals surface area (Å²) >= 11 is 0. The Hall–Kier alpha value is -1.06. The molecule has 0 radical (unpaired) electrons. The molecule has 1 saturated heterocycles. The summed E-state index contributed by atoms with van der Waals surface area (Å²) in [6.45, 7) is 11.8. The lowest BCUT2D eigenvalue weighted by Crippen LogP contribution is -2.43. The van der Waals surface area contributed by atoms with Crippen molar-refractivity contribution in [3.05, 3.63) is 29.8 Å². The van der Waals surface area contributed by atoms with E-state index < -0.39 is 0 Å². The number of nitrogens with one attached hydrogen (secondary N) is 2. The van der Waals surface area contributed by atoms with Gasteiger partial charge in [0.05, 0.1) is 13.2 Å². The number of hydrogen-bond donors (Lipinski definition) is 2. The van der Waals surface area contributed by atoms with Gasteiger partial charge in [0.25, 0.3) is 0 Å². The third-order valence-electron chi connectivity index (χ3n) is 5.60. The molecule has 0 aliphatic carbocycles. The molecular weight excluding hydrogens is 477 g/mol. The molecule has 1 heterocycles. The Morgan fingerprint density at radius 2 is 1.86 bits per heavy atom. The number of guanidine groups is 1. The molecule has 0 bridgehead atoms. The Balaban J connectivity index is 0.00000420. The van der Waals surface area contributed by atoms with Crippen LogP contribution >= 0.6 is 24.0 Å². The Morgan fingerprint density at radius 1 is 1.17 bits per heavy atom. The first kappa shape index (κ1) is 26.0. The Kier molecular flexibility index (Phi) is 13.3. The van der Waals surface area contributed by atoms with Gasteiger partial charge in [-0.1, -0.05) is 32.0 Å². The molecule has 1 fully saturated rings. The van der Waals surface area contributed by atoms with Crippen LogP contribution in [0.4, 0.5) is 0 Å². The third-order valence-corrected chi connectivity index (χ3v) is 5.60. The molecule has 0 spiro atoms. The molecule has 1 unspecified atom stereocenters. The average Bonchev–Trinajstić information content (AvgIpc) is 3.27. The molecule has 1 aromatic carbocycles. The molecule has 1 atom stereocenters. The van der Waals surface area contributed by atoms with Crippen LogP contribution < -0.4 is 15.4 Å². The van der Waals surface area contributed by atoms with E-state index in [1.54, 1.807) is 7.11 Å². The highest BCUT2D eigenvalue weighted by Gasteiger charge is 2.25. The minimum Gasteiger partial charge on any atom is -0.496 e. The molecule has 7 heteroatoms. The summed E-state index contributed by atoms with van der Waals surface area (Å²) in [5, 5.41) is 7.00. The second-order valence-corrected chi connectivity index (χ2v) is 7.26. The van der Waals surface area contributed by atoms with Crippen LogP contribution in [0.15, 0.2) is 29.3 Å². The molecule has 0 amide bonds. The van der Waals surface area contributed by atoms with Crippen LogP contribution in [0.3, 0.4) is 0 Å². The van der Waals surface area contributed by atoms with Crippen molar-refractivity contribution in [2.24, 2.45) is 4.99 Å². The largest absolute Gasteiger partial charge is 0.496 e. The van der Waals surface area contributed by atoms with Crippen LogP contribution in [0.25, 0.3) is 0 Å². The first-order valence-electron chi connectivity index (χ1n) is 10.8. The van der Waals surface area contributed by atoms with Crippen molar-refractivity contribution in [1.29, 1.82) is 0 Å². The lowest BCUT2D eigenvalue weighted by molar-refractivity contribution is 0.239. The second-order valence-electron chi connectivity index (χ2n) is 7.26. The highest BCUT2D eigenvalue weighted by atomic mass is 127. The normalized spacial score (nSPS) is 15.8. The van der Waals surface area contributed by atoms with Gasteiger partial charge in [0, 0.05) is 25.7 Å². The van der Waals surface area contributed by atoms with Crippen LogP contribution in [0.2, 0.25) is 0 Å². The predicted octanol–water partition coefficient (Wildman–Crippen LogP) is 3.35. The molecule has 6 nitrogen and oxygen atoms in total. The predicted molar refractivity (Wildman–Crippen MR) is 134 cm³/mol. The van der Waals surface area contributed by atoms with Gasteiger partial charge in [0.1, 0.15) is 5.75 Å². The van der Waals surface area contributed by atoms with Crippen molar-refractivity contribution in [1.82, 2.24) is 20.4 Å². The van der Waals surface area contributed by atoms with Crippen LogP contribution in [0.1, 0.15) is 44.7 Å². The van der Waals surface area contributed by atoms with E-state index in [9.17, 15) is 0 Å². The van der Waals surface area contributed by atoms with E-state index in [0.717, 1.165) is 63.9 Å². The summed E-state index contributed by atoms with van der Waals surface area (Å²) in [6, 6.07) is 8.66. The van der Waals surface area contributed by atoms with Crippen molar-refractivity contribution in [2.45, 2.75) is 39.2 Å². The van der Waals surface area contributed by atoms with E-state index >= 15 is 0 Å². The van der Waals surface area contributed by atoms with E-state index in [4.69, 9.17) is 4.74 Å². The van der Waals surface area contributed by atoms with Crippen LogP contribution in [0.5, 0.6) is 5.75 Å². The lowest BCUT2D eigenvalue weighted by atomic mass is 10.0. The minimum absolute atomic E-state index is 0. The number of methoxy groups -OCH3 is 1. The average molecular weight is 518 g/mol. The summed E-state index contributed by atoms with van der Waals surface area (Å²) in [6.07, 6.45) is 3.65. The van der Waals surface area contributed by atoms with Gasteiger partial charge >= 0.3 is 0 Å². The number of para-hydroxylation sites is 1. The van der Waals surface area contributed by atoms with E-state index in [0.29, 0.717) is 0 Å². The molecule has 1 aliphatic heterocycles. The molecular formula is C22H40IN5O. The van der Waals surface area contributed by atoms with Gasteiger partial charge in [-0.15, -0.1) is 24.0 Å². The van der Waals surface area contributed by atoms with Gasteiger partial charge < -0.3 is 20.3 Å². The second kappa shape index (κ2) is 14.8. The highest BCUT2D eigenvalue weighted by molar-refractivity contribution is 14.0. The van der Waals surface area contributed by atoms with Crippen LogP contribution in [0, 0.1) is 0 Å². The molecule has 0 saturated carbocycles. The minimum atomic E-state index is 0. The number of benzene rings is 1. The third kappa shape index (κ3) is 8.30. The van der Waals surface area contributed by atoms with Crippen molar-refractivity contribution in [3.8, 4) is 5.75 Å². The molecule has 1 aliphatic rings. The van der Waals surface area contributed by atoms with Crippen molar-refractivity contribution >= 4 is 29.9 Å². The molecule has 1 aromatic rings. The van der Waals surface area contributed by atoms with Crippen LogP contribution in [-0.2, 0) is 0 Å². The van der Waals surface area contributed by atoms with E-state index in [2.05, 4.69) is 57.5 Å². The maximum Gasteiger partial charge on any atom is 0.191 e. The first-order valence-corrected chi connectivity index (χ1v) is 10.8. The van der Waals surface area contributed by atoms with Gasteiger partial charge in [-0.2, -0.15) is 0 Å². The molecule has 29 heavy (non-hydrogen) atoms. The smallest absolute Gasteiger partial charge is 0.191 e. The van der Waals surface area contributed by atoms with Crippen molar-refractivity contribution in [3.63, 3.8) is 0 Å². The number of likely N-dealkylation sites (tertiary alicyclic amines) is 1. The highest BCUT2D eigenvalue weighted by Crippen LogP contribution is 2.31. The van der Waals surface area contributed by atoms with Crippen molar-refractivity contribution < 1.29 is 4.74 Å². The molecule has 2 rings (SSSR count). The van der Waals surface area contributed by atoms with Gasteiger partial charge in [0.2, 0.25) is 0 Å². The van der Waals surface area contributed by atoms with Gasteiger partial charge in [-0.05, 0) is 58.1 Å². The summed E-state index contributed by atoms with van der Waals surface area (Å²) in [5.41, 5.74) is 1.25. The number of rotatable bonds is 11. The number of aliphatic imine (C=N–C) groups is 1. The Labute approximate surface area is 194 Å². The molecule has 0 aromatic heterocycles. The fraction of sp³-hybridized carbons (Fsp3) is 0.682. The quantitative estimate of drug-likeness (QED) is 0.204. The lowest BCUT2D eigenvalue weighted by Gasteiger charge is -2.30. The standard InChI is InChI=1S/C22H39N5O.HI/c1-5-26(6-2)15-11-14-24-22(23-3)25-18-20(27-16-9-10-17-27)19-12-7-8-13-21(19)28-4;/h7-8,12-13,20H,5-6,9-11,14-18H2,1-4H3,(H2,23,24,25);1H. The Morgan fingerprint density at radius 3 is 2.48 bits per heavy atom. The summed E-state index contributed by atoms with van der Waals surface area (Å²) in [7, 11) is 3.59. The Bertz CT molecular complexity index is 588. The summed E-state index contributed by atoms with van der Waals surface area (Å²) in [4.78, 5) is 9.41. The molecule has 2 N–H and O–H groups in total. The van der Waals surface area contributed by atoms with E-state index in [1.807, 2.05) is 13.1 Å².